The summed E-state index contributed by atoms with van der Waals surface area (Å²) in [6.45, 7) is 5.22. The van der Waals surface area contributed by atoms with Crippen LogP contribution in [0.4, 0.5) is 5.69 Å². The first kappa shape index (κ1) is 15.6. The van der Waals surface area contributed by atoms with Crippen LogP contribution < -0.4 is 9.64 Å². The van der Waals surface area contributed by atoms with Gasteiger partial charge in [-0.05, 0) is 60.7 Å². The van der Waals surface area contributed by atoms with Crippen LogP contribution in [-0.4, -0.2) is 26.4 Å². The maximum absolute atomic E-state index is 5.17. The van der Waals surface area contributed by atoms with E-state index in [-0.39, 0.29) is 0 Å². The number of hydrogen-bond acceptors (Lipinski definition) is 3. The van der Waals surface area contributed by atoms with Gasteiger partial charge < -0.3 is 9.64 Å². The zero-order valence-corrected chi connectivity index (χ0v) is 14.0. The highest BCUT2D eigenvalue weighted by Crippen LogP contribution is 2.22. The normalized spacial score (nSPS) is 14.6. The number of benzene rings is 2. The minimum atomic E-state index is 0.692. The van der Waals surface area contributed by atoms with Crippen molar-refractivity contribution in [3.8, 4) is 5.75 Å². The Hall–Kier alpha value is -2.29. The summed E-state index contributed by atoms with van der Waals surface area (Å²) >= 11 is 0. The van der Waals surface area contributed by atoms with Crippen molar-refractivity contribution < 1.29 is 4.74 Å². The highest BCUT2D eigenvalue weighted by Gasteiger charge is 2.12. The second kappa shape index (κ2) is 7.32. The van der Waals surface area contributed by atoms with Crippen molar-refractivity contribution in [2.75, 3.05) is 25.1 Å². The third-order valence-corrected chi connectivity index (χ3v) is 4.39. The molecule has 0 bridgehead atoms. The summed E-state index contributed by atoms with van der Waals surface area (Å²) < 4.78 is 5.17. The van der Waals surface area contributed by atoms with Gasteiger partial charge in [-0.25, -0.2) is 0 Å². The van der Waals surface area contributed by atoms with Gasteiger partial charge in [0.05, 0.1) is 13.7 Å². The molecule has 2 aromatic carbocycles. The first-order chi connectivity index (χ1) is 11.3. The summed E-state index contributed by atoms with van der Waals surface area (Å²) in [7, 11) is 1.68. The van der Waals surface area contributed by atoms with E-state index in [9.17, 15) is 0 Å². The second-order valence-electron chi connectivity index (χ2n) is 6.05. The largest absolute Gasteiger partial charge is 0.497 e. The lowest BCUT2D eigenvalue weighted by Gasteiger charge is -2.18. The van der Waals surface area contributed by atoms with Crippen molar-refractivity contribution >= 4 is 11.9 Å². The van der Waals surface area contributed by atoms with Crippen LogP contribution >= 0.6 is 0 Å². The van der Waals surface area contributed by atoms with Crippen molar-refractivity contribution in [2.45, 2.75) is 26.3 Å². The molecule has 0 atom stereocenters. The number of ether oxygens (including phenoxy) is 1. The molecule has 0 N–H and O–H groups in total. The Bertz CT molecular complexity index is 671. The lowest BCUT2D eigenvalue weighted by molar-refractivity contribution is 0.414. The fourth-order valence-corrected chi connectivity index (χ4v) is 2.96. The highest BCUT2D eigenvalue weighted by molar-refractivity contribution is 5.82. The van der Waals surface area contributed by atoms with E-state index in [1.165, 1.54) is 48.3 Å². The molecule has 0 aromatic heterocycles. The molecule has 0 saturated carbocycles. The SMILES string of the molecule is COc1ccc(CN=Cc2ccc(N3CCCC3)cc2C)cc1. The molecule has 1 fully saturated rings. The molecule has 3 rings (SSSR count). The maximum atomic E-state index is 5.17. The number of hydrogen-bond donors (Lipinski definition) is 0. The zero-order chi connectivity index (χ0) is 16.1. The third-order valence-electron chi connectivity index (χ3n) is 4.39. The topological polar surface area (TPSA) is 24.8 Å². The van der Waals surface area contributed by atoms with Gasteiger partial charge in [-0.15, -0.1) is 0 Å². The Kier molecular flexibility index (Phi) is 4.96. The van der Waals surface area contributed by atoms with Crippen LogP contribution in [0.3, 0.4) is 0 Å². The smallest absolute Gasteiger partial charge is 0.118 e. The number of aliphatic imine (C=N–C) groups is 1. The zero-order valence-electron chi connectivity index (χ0n) is 14.0. The van der Waals surface area contributed by atoms with E-state index in [0.717, 1.165) is 5.75 Å². The van der Waals surface area contributed by atoms with Crippen LogP contribution in [0.15, 0.2) is 47.5 Å². The summed E-state index contributed by atoms with van der Waals surface area (Å²) in [5.41, 5.74) is 5.01. The Balaban J connectivity index is 1.64. The Morgan fingerprint density at radius 1 is 1.09 bits per heavy atom. The number of anilines is 1. The van der Waals surface area contributed by atoms with E-state index in [0.29, 0.717) is 6.54 Å². The van der Waals surface area contributed by atoms with Crippen LogP contribution in [0.5, 0.6) is 5.75 Å². The van der Waals surface area contributed by atoms with Gasteiger partial charge in [0, 0.05) is 25.0 Å². The van der Waals surface area contributed by atoms with Crippen LogP contribution in [-0.2, 0) is 6.54 Å². The molecule has 0 unspecified atom stereocenters. The highest BCUT2D eigenvalue weighted by atomic mass is 16.5. The van der Waals surface area contributed by atoms with E-state index >= 15 is 0 Å². The number of nitrogens with zero attached hydrogens (tertiary/aromatic N) is 2. The predicted octanol–water partition coefficient (Wildman–Crippen LogP) is 4.22. The van der Waals surface area contributed by atoms with E-state index in [1.807, 2.05) is 18.3 Å². The van der Waals surface area contributed by atoms with Crippen LogP contribution in [0.2, 0.25) is 0 Å². The van der Waals surface area contributed by atoms with Crippen LogP contribution in [0.1, 0.15) is 29.5 Å². The molecule has 3 nitrogen and oxygen atoms in total. The molecule has 0 aliphatic carbocycles. The van der Waals surface area contributed by atoms with E-state index in [4.69, 9.17) is 4.74 Å². The van der Waals surface area contributed by atoms with Gasteiger partial charge in [-0.2, -0.15) is 0 Å². The average Bonchev–Trinajstić information content (AvgIpc) is 3.11. The quantitative estimate of drug-likeness (QED) is 0.772. The number of aryl methyl sites for hydroxylation is 1. The first-order valence-corrected chi connectivity index (χ1v) is 8.24. The van der Waals surface area contributed by atoms with Crippen molar-refractivity contribution in [3.63, 3.8) is 0 Å². The molecule has 1 saturated heterocycles. The number of methoxy groups -OCH3 is 1. The molecule has 3 heteroatoms. The van der Waals surface area contributed by atoms with Crippen molar-refractivity contribution in [3.05, 3.63) is 59.2 Å². The molecule has 1 aliphatic rings. The fourth-order valence-electron chi connectivity index (χ4n) is 2.96. The number of rotatable bonds is 5. The third kappa shape index (κ3) is 3.92. The average molecular weight is 308 g/mol. The molecule has 0 radical (unpaired) electrons. The molecule has 23 heavy (non-hydrogen) atoms. The van der Waals surface area contributed by atoms with Gasteiger partial charge in [-0.1, -0.05) is 18.2 Å². The lowest BCUT2D eigenvalue weighted by atomic mass is 10.1. The van der Waals surface area contributed by atoms with Gasteiger partial charge in [0.25, 0.3) is 0 Å². The van der Waals surface area contributed by atoms with Crippen LogP contribution in [0, 0.1) is 6.92 Å². The Morgan fingerprint density at radius 2 is 1.83 bits per heavy atom. The van der Waals surface area contributed by atoms with Gasteiger partial charge in [0.1, 0.15) is 5.75 Å². The van der Waals surface area contributed by atoms with Gasteiger partial charge >= 0.3 is 0 Å². The lowest BCUT2D eigenvalue weighted by Crippen LogP contribution is -2.17. The molecule has 0 spiro atoms. The van der Waals surface area contributed by atoms with Gasteiger partial charge in [0.2, 0.25) is 0 Å². The second-order valence-corrected chi connectivity index (χ2v) is 6.05. The molecule has 1 aliphatic heterocycles. The minimum absolute atomic E-state index is 0.692. The molecule has 0 amide bonds. The standard InChI is InChI=1S/C20H24N2O/c1-16-13-19(22-11-3-4-12-22)8-7-18(16)15-21-14-17-5-9-20(23-2)10-6-17/h5-10,13,15H,3-4,11-12,14H2,1-2H3. The van der Waals surface area contributed by atoms with Gasteiger partial charge in [0.15, 0.2) is 0 Å². The Morgan fingerprint density at radius 3 is 2.48 bits per heavy atom. The van der Waals surface area contributed by atoms with Gasteiger partial charge in [-0.3, -0.25) is 4.99 Å². The fraction of sp³-hybridized carbons (Fsp3) is 0.350. The van der Waals surface area contributed by atoms with Crippen LogP contribution in [0.25, 0.3) is 0 Å². The molecular weight excluding hydrogens is 284 g/mol. The van der Waals surface area contributed by atoms with E-state index in [1.54, 1.807) is 7.11 Å². The molecule has 2 aromatic rings. The summed E-state index contributed by atoms with van der Waals surface area (Å²) in [6, 6.07) is 14.7. The Labute approximate surface area is 138 Å². The molecular formula is C20H24N2O. The minimum Gasteiger partial charge on any atom is -0.497 e. The monoisotopic (exact) mass is 308 g/mol. The van der Waals surface area contributed by atoms with Crippen molar-refractivity contribution in [1.82, 2.24) is 0 Å². The summed E-state index contributed by atoms with van der Waals surface area (Å²) in [5.74, 6) is 0.881. The van der Waals surface area contributed by atoms with Crippen molar-refractivity contribution in [1.29, 1.82) is 0 Å². The molecule has 1 heterocycles. The summed E-state index contributed by atoms with van der Waals surface area (Å²) in [6.07, 6.45) is 4.60. The first-order valence-electron chi connectivity index (χ1n) is 8.24. The summed E-state index contributed by atoms with van der Waals surface area (Å²) in [4.78, 5) is 7.04. The predicted molar refractivity (Wildman–Crippen MR) is 96.9 cm³/mol. The van der Waals surface area contributed by atoms with E-state index < -0.39 is 0 Å². The summed E-state index contributed by atoms with van der Waals surface area (Å²) in [5, 5.41) is 0. The maximum Gasteiger partial charge on any atom is 0.118 e. The van der Waals surface area contributed by atoms with E-state index in [2.05, 4.69) is 47.1 Å². The van der Waals surface area contributed by atoms with Crippen molar-refractivity contribution in [2.24, 2.45) is 4.99 Å². The molecule has 120 valence electrons.